The van der Waals surface area contributed by atoms with Crippen molar-refractivity contribution in [2.24, 2.45) is 7.05 Å². The average Bonchev–Trinajstić information content (AvgIpc) is 3.03. The number of nitrogens with zero attached hydrogens (tertiary/aromatic N) is 3. The zero-order chi connectivity index (χ0) is 18.2. The number of carbonyl (C=O) groups excluding carboxylic acids is 2. The van der Waals surface area contributed by atoms with Gasteiger partial charge in [-0.15, -0.1) is 0 Å². The Bertz CT molecular complexity index is 695. The van der Waals surface area contributed by atoms with Crippen molar-refractivity contribution in [3.8, 4) is 0 Å². The van der Waals surface area contributed by atoms with Crippen LogP contribution in [0.1, 0.15) is 25.5 Å². The van der Waals surface area contributed by atoms with Gasteiger partial charge in [-0.3, -0.25) is 14.3 Å². The van der Waals surface area contributed by atoms with Gasteiger partial charge in [0, 0.05) is 25.9 Å². The Morgan fingerprint density at radius 2 is 1.80 bits per heavy atom. The van der Waals surface area contributed by atoms with Crippen molar-refractivity contribution in [1.82, 2.24) is 20.0 Å². The van der Waals surface area contributed by atoms with E-state index in [2.05, 4.69) is 34.5 Å². The average molecular weight is 343 g/mol. The van der Waals surface area contributed by atoms with Gasteiger partial charge in [0.25, 0.3) is 0 Å². The molecule has 25 heavy (non-hydrogen) atoms. The van der Waals surface area contributed by atoms with Crippen molar-refractivity contribution in [3.63, 3.8) is 0 Å². The molecule has 0 aliphatic carbocycles. The van der Waals surface area contributed by atoms with Crippen LogP contribution in [0.25, 0.3) is 0 Å². The van der Waals surface area contributed by atoms with E-state index in [-0.39, 0.29) is 6.04 Å². The summed E-state index contributed by atoms with van der Waals surface area (Å²) in [6, 6.07) is 11.0. The zero-order valence-electron chi connectivity index (χ0n) is 14.9. The molecule has 2 N–H and O–H groups in total. The number of hydrogen-bond donors (Lipinski definition) is 2. The van der Waals surface area contributed by atoms with Crippen molar-refractivity contribution in [3.05, 3.63) is 48.2 Å². The van der Waals surface area contributed by atoms with Crippen LogP contribution in [0.3, 0.4) is 0 Å². The molecule has 1 heterocycles. The van der Waals surface area contributed by atoms with Crippen molar-refractivity contribution < 1.29 is 9.59 Å². The third kappa shape index (κ3) is 5.42. The molecule has 0 radical (unpaired) electrons. The van der Waals surface area contributed by atoms with E-state index in [0.29, 0.717) is 12.4 Å². The first-order valence-electron chi connectivity index (χ1n) is 8.42. The summed E-state index contributed by atoms with van der Waals surface area (Å²) in [7, 11) is 1.74. The molecule has 134 valence electrons. The van der Waals surface area contributed by atoms with Crippen molar-refractivity contribution >= 4 is 17.6 Å². The van der Waals surface area contributed by atoms with Crippen LogP contribution in [0.4, 0.5) is 5.82 Å². The Kier molecular flexibility index (Phi) is 6.71. The fourth-order valence-electron chi connectivity index (χ4n) is 2.54. The van der Waals surface area contributed by atoms with Crippen LogP contribution in [0.5, 0.6) is 0 Å². The Morgan fingerprint density at radius 3 is 2.36 bits per heavy atom. The van der Waals surface area contributed by atoms with Crippen LogP contribution in [0.2, 0.25) is 0 Å². The van der Waals surface area contributed by atoms with Gasteiger partial charge in [0.1, 0.15) is 0 Å². The summed E-state index contributed by atoms with van der Waals surface area (Å²) in [6.07, 6.45) is 1.70. The molecule has 0 aliphatic rings. The Morgan fingerprint density at radius 1 is 1.12 bits per heavy atom. The number of hydrogen-bond acceptors (Lipinski definition) is 4. The SMILES string of the molecule is CCN(CC)C[C@H](NC(=O)C(=O)Nc1ccn(C)n1)c1ccccc1. The first kappa shape index (κ1) is 18.7. The standard InChI is InChI=1S/C18H25N5O2/c1-4-23(5-2)13-15(14-9-7-6-8-10-14)19-17(24)18(25)20-16-11-12-22(3)21-16/h6-12,15H,4-5,13H2,1-3H3,(H,19,24)(H,20,21,25)/t15-/m0/s1. The third-order valence-electron chi connectivity index (χ3n) is 4.00. The predicted molar refractivity (Wildman–Crippen MR) is 97.0 cm³/mol. The van der Waals surface area contributed by atoms with Crippen LogP contribution in [0.15, 0.2) is 42.6 Å². The van der Waals surface area contributed by atoms with E-state index in [1.807, 2.05) is 30.3 Å². The van der Waals surface area contributed by atoms with Crippen molar-refractivity contribution in [2.75, 3.05) is 25.0 Å². The molecule has 1 atom stereocenters. The molecule has 1 aromatic heterocycles. The van der Waals surface area contributed by atoms with Crippen LogP contribution in [-0.4, -0.2) is 46.1 Å². The summed E-state index contributed by atoms with van der Waals surface area (Å²) in [6.45, 7) is 6.52. The quantitative estimate of drug-likeness (QED) is 0.748. The number of aryl methyl sites for hydroxylation is 1. The van der Waals surface area contributed by atoms with Crippen molar-refractivity contribution in [1.29, 1.82) is 0 Å². The molecule has 0 saturated carbocycles. The number of anilines is 1. The Hall–Kier alpha value is -2.67. The van der Waals surface area contributed by atoms with Gasteiger partial charge in [0.05, 0.1) is 6.04 Å². The second-order valence-corrected chi connectivity index (χ2v) is 5.75. The summed E-state index contributed by atoms with van der Waals surface area (Å²) in [5.74, 6) is -1.05. The molecule has 0 aliphatic heterocycles. The minimum absolute atomic E-state index is 0.261. The summed E-state index contributed by atoms with van der Waals surface area (Å²) >= 11 is 0. The molecule has 2 rings (SSSR count). The van der Waals surface area contributed by atoms with E-state index in [4.69, 9.17) is 0 Å². The van der Waals surface area contributed by atoms with Gasteiger partial charge < -0.3 is 15.5 Å². The summed E-state index contributed by atoms with van der Waals surface area (Å²) in [5, 5.41) is 9.38. The van der Waals surface area contributed by atoms with Gasteiger partial charge in [-0.2, -0.15) is 5.10 Å². The van der Waals surface area contributed by atoms with Gasteiger partial charge >= 0.3 is 11.8 Å². The highest BCUT2D eigenvalue weighted by atomic mass is 16.2. The predicted octanol–water partition coefficient (Wildman–Crippen LogP) is 1.56. The number of aromatic nitrogens is 2. The Balaban J connectivity index is 2.06. The second kappa shape index (κ2) is 8.98. The lowest BCUT2D eigenvalue weighted by Crippen LogP contribution is -2.42. The maximum Gasteiger partial charge on any atom is 0.314 e. The minimum atomic E-state index is -0.723. The molecule has 2 amide bonds. The topological polar surface area (TPSA) is 79.3 Å². The van der Waals surface area contributed by atoms with Crippen molar-refractivity contribution in [2.45, 2.75) is 19.9 Å². The monoisotopic (exact) mass is 343 g/mol. The highest BCUT2D eigenvalue weighted by Crippen LogP contribution is 2.14. The highest BCUT2D eigenvalue weighted by molar-refractivity contribution is 6.39. The number of nitrogens with one attached hydrogen (secondary N) is 2. The zero-order valence-corrected chi connectivity index (χ0v) is 14.9. The molecule has 0 unspecified atom stereocenters. The first-order chi connectivity index (χ1) is 12.0. The molecule has 0 fully saturated rings. The molecule has 0 bridgehead atoms. The molecule has 7 heteroatoms. The fraction of sp³-hybridized carbons (Fsp3) is 0.389. The van der Waals surface area contributed by atoms with E-state index in [9.17, 15) is 9.59 Å². The maximum absolute atomic E-state index is 12.3. The van der Waals surface area contributed by atoms with E-state index < -0.39 is 11.8 Å². The van der Waals surface area contributed by atoms with Gasteiger partial charge in [0.15, 0.2) is 5.82 Å². The normalized spacial score (nSPS) is 12.0. The molecular weight excluding hydrogens is 318 g/mol. The second-order valence-electron chi connectivity index (χ2n) is 5.75. The lowest BCUT2D eigenvalue weighted by Gasteiger charge is -2.26. The van der Waals surface area contributed by atoms with E-state index in [1.165, 1.54) is 0 Å². The smallest absolute Gasteiger partial charge is 0.314 e. The molecule has 0 saturated heterocycles. The van der Waals surface area contributed by atoms with E-state index in [1.54, 1.807) is 24.0 Å². The maximum atomic E-state index is 12.3. The third-order valence-corrected chi connectivity index (χ3v) is 4.00. The lowest BCUT2D eigenvalue weighted by atomic mass is 10.1. The molecule has 2 aromatic rings. The fourth-order valence-corrected chi connectivity index (χ4v) is 2.54. The number of carbonyl (C=O) groups is 2. The number of benzene rings is 1. The van der Waals surface area contributed by atoms with Crippen LogP contribution in [0, 0.1) is 0 Å². The van der Waals surface area contributed by atoms with Crippen LogP contribution < -0.4 is 10.6 Å². The number of likely N-dealkylation sites (N-methyl/N-ethyl adjacent to an activating group) is 1. The first-order valence-corrected chi connectivity index (χ1v) is 8.42. The lowest BCUT2D eigenvalue weighted by molar-refractivity contribution is -0.136. The van der Waals surface area contributed by atoms with E-state index in [0.717, 1.165) is 18.7 Å². The minimum Gasteiger partial charge on any atom is -0.340 e. The molecule has 0 spiro atoms. The van der Waals surface area contributed by atoms with Gasteiger partial charge in [-0.05, 0) is 18.7 Å². The van der Waals surface area contributed by atoms with Gasteiger partial charge in [-0.25, -0.2) is 0 Å². The van der Waals surface area contributed by atoms with Crippen LogP contribution in [-0.2, 0) is 16.6 Å². The van der Waals surface area contributed by atoms with Gasteiger partial charge in [-0.1, -0.05) is 44.2 Å². The molecule has 1 aromatic carbocycles. The number of amides is 2. The molecular formula is C18H25N5O2. The Labute approximate surface area is 148 Å². The number of rotatable bonds is 7. The largest absolute Gasteiger partial charge is 0.340 e. The summed E-state index contributed by atoms with van der Waals surface area (Å²) in [5.41, 5.74) is 0.966. The summed E-state index contributed by atoms with van der Waals surface area (Å²) in [4.78, 5) is 26.7. The van der Waals surface area contributed by atoms with Crippen LogP contribution >= 0.6 is 0 Å². The summed E-state index contributed by atoms with van der Waals surface area (Å²) < 4.78 is 1.56. The van der Waals surface area contributed by atoms with E-state index >= 15 is 0 Å². The highest BCUT2D eigenvalue weighted by Gasteiger charge is 2.22. The molecule has 7 nitrogen and oxygen atoms in total. The van der Waals surface area contributed by atoms with Gasteiger partial charge in [0.2, 0.25) is 0 Å².